The predicted molar refractivity (Wildman–Crippen MR) is 100 cm³/mol. The predicted octanol–water partition coefficient (Wildman–Crippen LogP) is 3.83. The largest absolute Gasteiger partial charge is 0.493 e. The number of aryl methyl sites for hydroxylation is 2. The SMILES string of the molecule is CCOc1c(/C(C)=C/C(=O)NCCCC(=O)O)cc2c(C)coc2c1C. The molecule has 0 spiro atoms. The summed E-state index contributed by atoms with van der Waals surface area (Å²) in [6.45, 7) is 8.52. The van der Waals surface area contributed by atoms with E-state index in [2.05, 4.69) is 5.32 Å². The van der Waals surface area contributed by atoms with Gasteiger partial charge in [-0.1, -0.05) is 0 Å². The number of carboxylic acid groups (broad SMARTS) is 1. The van der Waals surface area contributed by atoms with Crippen LogP contribution < -0.4 is 10.1 Å². The molecule has 140 valence electrons. The molecule has 0 unspecified atom stereocenters. The number of nitrogens with one attached hydrogen (secondary N) is 1. The van der Waals surface area contributed by atoms with E-state index in [1.807, 2.05) is 33.8 Å². The summed E-state index contributed by atoms with van der Waals surface area (Å²) >= 11 is 0. The smallest absolute Gasteiger partial charge is 0.303 e. The number of ether oxygens (including phenoxy) is 1. The normalized spacial score (nSPS) is 11.6. The van der Waals surface area contributed by atoms with Crippen molar-refractivity contribution in [3.63, 3.8) is 0 Å². The molecule has 0 radical (unpaired) electrons. The van der Waals surface area contributed by atoms with Gasteiger partial charge in [0.25, 0.3) is 0 Å². The average molecular weight is 359 g/mol. The first-order valence-corrected chi connectivity index (χ1v) is 8.67. The summed E-state index contributed by atoms with van der Waals surface area (Å²) in [5.41, 5.74) is 4.35. The number of rotatable bonds is 8. The van der Waals surface area contributed by atoms with Gasteiger partial charge in [0.15, 0.2) is 0 Å². The zero-order valence-electron chi connectivity index (χ0n) is 15.6. The van der Waals surface area contributed by atoms with Gasteiger partial charge in [-0.15, -0.1) is 0 Å². The van der Waals surface area contributed by atoms with E-state index in [1.54, 1.807) is 6.26 Å². The minimum absolute atomic E-state index is 0.0348. The van der Waals surface area contributed by atoms with Gasteiger partial charge in [0.2, 0.25) is 5.91 Å². The van der Waals surface area contributed by atoms with Crippen molar-refractivity contribution in [3.05, 3.63) is 35.1 Å². The highest BCUT2D eigenvalue weighted by molar-refractivity contribution is 5.98. The van der Waals surface area contributed by atoms with Gasteiger partial charge < -0.3 is 19.6 Å². The molecule has 0 aliphatic carbocycles. The highest BCUT2D eigenvalue weighted by Crippen LogP contribution is 2.37. The number of benzene rings is 1. The fourth-order valence-electron chi connectivity index (χ4n) is 2.84. The van der Waals surface area contributed by atoms with Crippen LogP contribution in [0.1, 0.15) is 43.4 Å². The Balaban J connectivity index is 2.28. The van der Waals surface area contributed by atoms with Gasteiger partial charge in [-0.05, 0) is 51.3 Å². The van der Waals surface area contributed by atoms with E-state index in [-0.39, 0.29) is 12.3 Å². The molecule has 2 aromatic rings. The quantitative estimate of drug-likeness (QED) is 0.552. The Hall–Kier alpha value is -2.76. The lowest BCUT2D eigenvalue weighted by atomic mass is 9.98. The monoisotopic (exact) mass is 359 g/mol. The number of furan rings is 1. The number of hydrogen-bond donors (Lipinski definition) is 2. The summed E-state index contributed by atoms with van der Waals surface area (Å²) in [7, 11) is 0. The highest BCUT2D eigenvalue weighted by Gasteiger charge is 2.17. The molecule has 0 aliphatic heterocycles. The number of allylic oxidation sites excluding steroid dienone is 1. The molecule has 6 heteroatoms. The van der Waals surface area contributed by atoms with Crippen molar-refractivity contribution in [2.75, 3.05) is 13.2 Å². The van der Waals surface area contributed by atoms with E-state index >= 15 is 0 Å². The van der Waals surface area contributed by atoms with Gasteiger partial charge in [0.05, 0.1) is 12.9 Å². The third-order valence-electron chi connectivity index (χ3n) is 4.17. The van der Waals surface area contributed by atoms with Crippen LogP contribution in [0.15, 0.2) is 22.8 Å². The van der Waals surface area contributed by atoms with Crippen molar-refractivity contribution in [1.29, 1.82) is 0 Å². The topological polar surface area (TPSA) is 88.8 Å². The van der Waals surface area contributed by atoms with Crippen LogP contribution in [0, 0.1) is 13.8 Å². The third kappa shape index (κ3) is 4.45. The van der Waals surface area contributed by atoms with E-state index in [0.29, 0.717) is 25.3 Å². The Bertz CT molecular complexity index is 847. The van der Waals surface area contributed by atoms with E-state index in [4.69, 9.17) is 14.3 Å². The summed E-state index contributed by atoms with van der Waals surface area (Å²) in [5.74, 6) is -0.412. The van der Waals surface area contributed by atoms with Crippen LogP contribution in [-0.4, -0.2) is 30.1 Å². The van der Waals surface area contributed by atoms with Crippen molar-refractivity contribution in [2.45, 2.75) is 40.5 Å². The second-order valence-electron chi connectivity index (χ2n) is 6.22. The molecule has 0 bridgehead atoms. The van der Waals surface area contributed by atoms with Crippen molar-refractivity contribution in [1.82, 2.24) is 5.32 Å². The van der Waals surface area contributed by atoms with Gasteiger partial charge in [0.1, 0.15) is 11.3 Å². The Morgan fingerprint density at radius 2 is 2.08 bits per heavy atom. The van der Waals surface area contributed by atoms with E-state index in [9.17, 15) is 9.59 Å². The van der Waals surface area contributed by atoms with Crippen LogP contribution in [0.5, 0.6) is 5.75 Å². The molecule has 2 N–H and O–H groups in total. The molecule has 0 saturated carbocycles. The minimum atomic E-state index is -0.869. The lowest BCUT2D eigenvalue weighted by Gasteiger charge is -2.14. The lowest BCUT2D eigenvalue weighted by Crippen LogP contribution is -2.23. The van der Waals surface area contributed by atoms with Crippen LogP contribution in [0.25, 0.3) is 16.5 Å². The molecule has 1 amide bonds. The summed E-state index contributed by atoms with van der Waals surface area (Å²) in [4.78, 5) is 22.6. The highest BCUT2D eigenvalue weighted by atomic mass is 16.5. The fraction of sp³-hybridized carbons (Fsp3) is 0.400. The van der Waals surface area contributed by atoms with Crippen LogP contribution in [0.4, 0.5) is 0 Å². The first kappa shape index (κ1) is 19.6. The van der Waals surface area contributed by atoms with Crippen LogP contribution in [0.3, 0.4) is 0 Å². The Kier molecular flexibility index (Phi) is 6.44. The molecule has 1 heterocycles. The summed E-state index contributed by atoms with van der Waals surface area (Å²) in [5, 5.41) is 12.3. The van der Waals surface area contributed by atoms with E-state index in [1.165, 1.54) is 6.08 Å². The molecular formula is C20H25NO5. The summed E-state index contributed by atoms with van der Waals surface area (Å²) < 4.78 is 11.5. The average Bonchev–Trinajstić information content (AvgIpc) is 2.95. The van der Waals surface area contributed by atoms with Gasteiger partial charge >= 0.3 is 5.97 Å². The Morgan fingerprint density at radius 3 is 2.73 bits per heavy atom. The van der Waals surface area contributed by atoms with Crippen LogP contribution >= 0.6 is 0 Å². The number of carboxylic acids is 1. The molecular weight excluding hydrogens is 334 g/mol. The number of carbonyl (C=O) groups is 2. The Labute approximate surface area is 152 Å². The van der Waals surface area contributed by atoms with Gasteiger partial charge in [0, 0.05) is 35.6 Å². The first-order chi connectivity index (χ1) is 12.3. The van der Waals surface area contributed by atoms with Gasteiger partial charge in [-0.3, -0.25) is 9.59 Å². The van der Waals surface area contributed by atoms with E-state index < -0.39 is 5.97 Å². The minimum Gasteiger partial charge on any atom is -0.493 e. The standard InChI is InChI=1S/C20H25NO5/c1-5-25-19-14(4)20-16(13(3)11-26-20)10-15(19)12(2)9-17(22)21-8-6-7-18(23)24/h9-11H,5-8H2,1-4H3,(H,21,22)(H,23,24)/b12-9+. The molecule has 1 aromatic heterocycles. The zero-order valence-corrected chi connectivity index (χ0v) is 15.6. The van der Waals surface area contributed by atoms with Gasteiger partial charge in [-0.2, -0.15) is 0 Å². The maximum atomic E-state index is 12.1. The molecule has 0 fully saturated rings. The Morgan fingerprint density at radius 1 is 1.35 bits per heavy atom. The second kappa shape index (κ2) is 8.56. The third-order valence-corrected chi connectivity index (χ3v) is 4.17. The van der Waals surface area contributed by atoms with Crippen LogP contribution in [0.2, 0.25) is 0 Å². The first-order valence-electron chi connectivity index (χ1n) is 8.67. The van der Waals surface area contributed by atoms with E-state index in [0.717, 1.165) is 33.2 Å². The lowest BCUT2D eigenvalue weighted by molar-refractivity contribution is -0.137. The number of fused-ring (bicyclic) bond motifs is 1. The number of aliphatic carboxylic acids is 1. The summed E-state index contributed by atoms with van der Waals surface area (Å²) in [6, 6.07) is 1.98. The molecule has 2 rings (SSSR count). The van der Waals surface area contributed by atoms with Crippen molar-refractivity contribution in [3.8, 4) is 5.75 Å². The molecule has 0 atom stereocenters. The molecule has 26 heavy (non-hydrogen) atoms. The summed E-state index contributed by atoms with van der Waals surface area (Å²) in [6.07, 6.45) is 3.66. The van der Waals surface area contributed by atoms with Crippen molar-refractivity contribution in [2.24, 2.45) is 0 Å². The molecule has 1 aromatic carbocycles. The van der Waals surface area contributed by atoms with Gasteiger partial charge in [-0.25, -0.2) is 0 Å². The molecule has 0 saturated heterocycles. The molecule has 0 aliphatic rings. The number of hydrogen-bond acceptors (Lipinski definition) is 4. The fourth-order valence-corrected chi connectivity index (χ4v) is 2.84. The zero-order chi connectivity index (χ0) is 19.3. The van der Waals surface area contributed by atoms with Crippen molar-refractivity contribution < 1.29 is 23.8 Å². The van der Waals surface area contributed by atoms with Crippen molar-refractivity contribution >= 4 is 28.4 Å². The molecule has 6 nitrogen and oxygen atoms in total. The number of carbonyl (C=O) groups excluding carboxylic acids is 1. The van der Waals surface area contributed by atoms with Crippen LogP contribution in [-0.2, 0) is 9.59 Å². The maximum Gasteiger partial charge on any atom is 0.303 e. The number of amides is 1. The maximum absolute atomic E-state index is 12.1. The second-order valence-corrected chi connectivity index (χ2v) is 6.22.